The molecule has 0 aliphatic heterocycles. The van der Waals surface area contributed by atoms with E-state index in [1.165, 1.54) is 16.2 Å². The maximum absolute atomic E-state index is 11.6. The number of nitrogens with two attached hydrogens (primary N) is 1. The summed E-state index contributed by atoms with van der Waals surface area (Å²) in [6.07, 6.45) is 5.29. The highest BCUT2D eigenvalue weighted by Gasteiger charge is 2.13. The molecule has 1 unspecified atom stereocenters. The monoisotopic (exact) mass is 407 g/mol. The normalized spacial score (nSPS) is 18.0. The van der Waals surface area contributed by atoms with E-state index in [1.807, 2.05) is 36.4 Å². The molecule has 1 amide bonds. The zero-order chi connectivity index (χ0) is 17.5. The second-order valence-electron chi connectivity index (χ2n) is 5.67. The van der Waals surface area contributed by atoms with Gasteiger partial charge >= 0.3 is 0 Å². The molecule has 128 valence electrons. The molecule has 0 saturated heterocycles. The van der Waals surface area contributed by atoms with Crippen molar-refractivity contribution in [2.45, 2.75) is 25.5 Å². The maximum Gasteiger partial charge on any atom is 0.224 e. The van der Waals surface area contributed by atoms with Crippen molar-refractivity contribution in [3.05, 3.63) is 57.7 Å². The predicted octanol–water partition coefficient (Wildman–Crippen LogP) is 3.73. The van der Waals surface area contributed by atoms with Crippen molar-refractivity contribution in [3.8, 4) is 0 Å². The lowest BCUT2D eigenvalue weighted by Gasteiger charge is -2.15. The number of carbonyl (C=O) groups is 1. The van der Waals surface area contributed by atoms with Crippen LogP contribution in [0, 0.1) is 5.92 Å². The zero-order valence-corrected chi connectivity index (χ0v) is 16.3. The molecule has 0 radical (unpaired) electrons. The van der Waals surface area contributed by atoms with Gasteiger partial charge in [-0.3, -0.25) is 4.79 Å². The third-order valence-electron chi connectivity index (χ3n) is 3.80. The Kier molecular flexibility index (Phi) is 7.12. The highest BCUT2D eigenvalue weighted by Crippen LogP contribution is 2.29. The van der Waals surface area contributed by atoms with Crippen LogP contribution in [0.3, 0.4) is 0 Å². The number of hydrogen-bond acceptors (Lipinski definition) is 3. The van der Waals surface area contributed by atoms with E-state index in [9.17, 15) is 4.79 Å². The molecule has 0 bridgehead atoms. The Bertz CT molecular complexity index is 697. The van der Waals surface area contributed by atoms with Crippen molar-refractivity contribution in [1.29, 1.82) is 0 Å². The first-order valence-corrected chi connectivity index (χ1v) is 9.58. The number of nitrogens with zero attached hydrogens (tertiary/aromatic N) is 1. The summed E-state index contributed by atoms with van der Waals surface area (Å²) >= 11 is 5.04. The molecule has 0 aromatic heterocycles. The lowest BCUT2D eigenvalue weighted by molar-refractivity contribution is -0.119. The fourth-order valence-corrected chi connectivity index (χ4v) is 3.42. The van der Waals surface area contributed by atoms with Crippen LogP contribution in [-0.2, 0) is 17.0 Å². The highest BCUT2D eigenvalue weighted by atomic mass is 79.9. The van der Waals surface area contributed by atoms with Crippen LogP contribution in [0.5, 0.6) is 0 Å². The number of nitrogens with one attached hydrogen (secondary N) is 1. The summed E-state index contributed by atoms with van der Waals surface area (Å²) in [7, 11) is 1.65. The third kappa shape index (κ3) is 5.53. The number of rotatable bonds is 5. The molecule has 3 N–H and O–H groups in total. The van der Waals surface area contributed by atoms with Gasteiger partial charge in [-0.2, -0.15) is 0 Å². The summed E-state index contributed by atoms with van der Waals surface area (Å²) in [6, 6.07) is 7.93. The van der Waals surface area contributed by atoms with Gasteiger partial charge in [0.25, 0.3) is 0 Å². The standard InChI is InChI=1S/C18H22BrN3OS/c1-12-9-15(7-8-16(12)19)22-18(20)24-11-14-6-4-3-5-13(14)10-17(23)21-2/h3-8,12H,9-11H2,1-2H3,(H2,20,22)(H,21,23). The smallest absolute Gasteiger partial charge is 0.224 e. The summed E-state index contributed by atoms with van der Waals surface area (Å²) < 4.78 is 1.19. The van der Waals surface area contributed by atoms with E-state index in [2.05, 4.69) is 33.2 Å². The zero-order valence-electron chi connectivity index (χ0n) is 13.9. The predicted molar refractivity (Wildman–Crippen MR) is 106 cm³/mol. The maximum atomic E-state index is 11.6. The van der Waals surface area contributed by atoms with Crippen LogP contribution in [0.2, 0.25) is 0 Å². The Balaban J connectivity index is 2.01. The van der Waals surface area contributed by atoms with Crippen molar-refractivity contribution in [1.82, 2.24) is 5.32 Å². The molecule has 4 nitrogen and oxygen atoms in total. The van der Waals surface area contributed by atoms with Gasteiger partial charge in [0, 0.05) is 18.5 Å². The van der Waals surface area contributed by atoms with Crippen LogP contribution in [0.15, 0.2) is 51.6 Å². The van der Waals surface area contributed by atoms with Crippen molar-refractivity contribution < 1.29 is 4.79 Å². The minimum Gasteiger partial charge on any atom is -0.378 e. The number of benzene rings is 1. The molecule has 2 rings (SSSR count). The van der Waals surface area contributed by atoms with E-state index < -0.39 is 0 Å². The number of amides is 1. The summed E-state index contributed by atoms with van der Waals surface area (Å²) in [6.45, 7) is 2.15. The van der Waals surface area contributed by atoms with Gasteiger partial charge < -0.3 is 11.1 Å². The molecule has 1 aliphatic rings. The van der Waals surface area contributed by atoms with Crippen LogP contribution in [-0.4, -0.2) is 18.1 Å². The average Bonchev–Trinajstić information content (AvgIpc) is 2.57. The first-order valence-electron chi connectivity index (χ1n) is 7.80. The lowest BCUT2D eigenvalue weighted by atomic mass is 10.0. The number of allylic oxidation sites excluding steroid dienone is 4. The molecule has 1 aliphatic carbocycles. The summed E-state index contributed by atoms with van der Waals surface area (Å²) in [4.78, 5) is 16.1. The largest absolute Gasteiger partial charge is 0.378 e. The second kappa shape index (κ2) is 9.08. The minimum atomic E-state index is 0.00722. The fourth-order valence-electron chi connectivity index (χ4n) is 2.36. The van der Waals surface area contributed by atoms with Crippen LogP contribution < -0.4 is 11.1 Å². The fraction of sp³-hybridized carbons (Fsp3) is 0.333. The molecule has 1 aromatic rings. The topological polar surface area (TPSA) is 67.5 Å². The van der Waals surface area contributed by atoms with E-state index in [0.717, 1.165) is 23.2 Å². The quantitative estimate of drug-likeness (QED) is 0.576. The first-order chi connectivity index (χ1) is 11.5. The van der Waals surface area contributed by atoms with Gasteiger partial charge in [0.15, 0.2) is 5.17 Å². The summed E-state index contributed by atoms with van der Waals surface area (Å²) in [5.41, 5.74) is 9.20. The minimum absolute atomic E-state index is 0.00722. The molecule has 1 aromatic carbocycles. The summed E-state index contributed by atoms with van der Waals surface area (Å²) in [5.74, 6) is 1.14. The van der Waals surface area contributed by atoms with Gasteiger partial charge in [-0.1, -0.05) is 58.9 Å². The van der Waals surface area contributed by atoms with Crippen molar-refractivity contribution >= 4 is 38.8 Å². The van der Waals surface area contributed by atoms with Crippen LogP contribution in [0.25, 0.3) is 0 Å². The molecule has 0 spiro atoms. The van der Waals surface area contributed by atoms with Gasteiger partial charge in [0.2, 0.25) is 5.91 Å². The number of thioether (sulfide) groups is 1. The van der Waals surface area contributed by atoms with Crippen molar-refractivity contribution in [3.63, 3.8) is 0 Å². The molecule has 1 atom stereocenters. The van der Waals surface area contributed by atoms with Gasteiger partial charge in [-0.05, 0) is 40.1 Å². The van der Waals surface area contributed by atoms with Crippen molar-refractivity contribution in [2.24, 2.45) is 16.6 Å². The van der Waals surface area contributed by atoms with Gasteiger partial charge in [-0.25, -0.2) is 4.99 Å². The van der Waals surface area contributed by atoms with E-state index in [0.29, 0.717) is 23.3 Å². The number of likely N-dealkylation sites (N-methyl/N-ethyl adjacent to an activating group) is 1. The van der Waals surface area contributed by atoms with E-state index >= 15 is 0 Å². The van der Waals surface area contributed by atoms with E-state index in [-0.39, 0.29) is 5.91 Å². The second-order valence-corrected chi connectivity index (χ2v) is 7.58. The number of hydrogen-bond donors (Lipinski definition) is 2. The Morgan fingerprint density at radius 1 is 1.38 bits per heavy atom. The molecule has 6 heteroatoms. The molecule has 24 heavy (non-hydrogen) atoms. The summed E-state index contributed by atoms with van der Waals surface area (Å²) in [5, 5.41) is 3.21. The number of halogens is 1. The number of amidine groups is 1. The van der Waals surface area contributed by atoms with Gasteiger partial charge in [0.1, 0.15) is 0 Å². The first kappa shape index (κ1) is 18.8. The van der Waals surface area contributed by atoms with Crippen LogP contribution in [0.4, 0.5) is 0 Å². The number of aliphatic imine (C=N–C) groups is 1. The van der Waals surface area contributed by atoms with Crippen LogP contribution in [0.1, 0.15) is 24.5 Å². The Morgan fingerprint density at radius 3 is 2.75 bits per heavy atom. The van der Waals surface area contributed by atoms with Gasteiger partial charge in [-0.15, -0.1) is 0 Å². The Labute approximate surface area is 155 Å². The van der Waals surface area contributed by atoms with E-state index in [1.54, 1.807) is 7.05 Å². The molecule has 0 fully saturated rings. The Hall–Kier alpha value is -1.53. The van der Waals surface area contributed by atoms with Gasteiger partial charge in [0.05, 0.1) is 6.42 Å². The van der Waals surface area contributed by atoms with Crippen molar-refractivity contribution in [2.75, 3.05) is 7.05 Å². The molecular weight excluding hydrogens is 386 g/mol. The molecular formula is C18H22BrN3OS. The number of carbonyl (C=O) groups excluding carboxylic acids is 1. The Morgan fingerprint density at radius 2 is 2.08 bits per heavy atom. The molecule has 0 saturated carbocycles. The average molecular weight is 408 g/mol. The molecule has 0 heterocycles. The SMILES string of the molecule is CNC(=O)Cc1ccccc1CS/C(N)=N/C1=CC=C(Br)C(C)C1. The van der Waals surface area contributed by atoms with E-state index in [4.69, 9.17) is 5.73 Å². The third-order valence-corrected chi connectivity index (χ3v) is 5.69. The highest BCUT2D eigenvalue weighted by molar-refractivity contribution is 9.11. The van der Waals surface area contributed by atoms with Crippen LogP contribution >= 0.6 is 27.7 Å². The lowest BCUT2D eigenvalue weighted by Crippen LogP contribution is -2.20.